The number of halogens is 3. The Morgan fingerprint density at radius 1 is 0.946 bits per heavy atom. The van der Waals surface area contributed by atoms with Crippen molar-refractivity contribution in [3.05, 3.63) is 95.3 Å². The summed E-state index contributed by atoms with van der Waals surface area (Å²) in [5.74, 6) is -0.104. The van der Waals surface area contributed by atoms with Crippen molar-refractivity contribution < 1.29 is 31.1 Å². The second-order valence-corrected chi connectivity index (χ2v) is 10.4. The van der Waals surface area contributed by atoms with Crippen molar-refractivity contribution in [1.29, 1.82) is 0 Å². The quantitative estimate of drug-likeness (QED) is 0.347. The predicted octanol–water partition coefficient (Wildman–Crippen LogP) is 4.95. The van der Waals surface area contributed by atoms with Crippen LogP contribution in [0.25, 0.3) is 10.9 Å². The summed E-state index contributed by atoms with van der Waals surface area (Å²) in [4.78, 5) is 21.2. The van der Waals surface area contributed by atoms with Crippen LogP contribution < -0.4 is 10.1 Å². The van der Waals surface area contributed by atoms with Crippen LogP contribution in [0.3, 0.4) is 0 Å². The Kier molecular flexibility index (Phi) is 7.44. The number of carbonyl (C=O) groups is 1. The van der Waals surface area contributed by atoms with Gasteiger partial charge in [0.25, 0.3) is 5.91 Å². The first-order chi connectivity index (χ1) is 17.6. The number of alkyl halides is 3. The van der Waals surface area contributed by atoms with Crippen LogP contribution in [-0.2, 0) is 29.2 Å². The van der Waals surface area contributed by atoms with Gasteiger partial charge in [-0.3, -0.25) is 4.79 Å². The van der Waals surface area contributed by atoms with E-state index >= 15 is 0 Å². The van der Waals surface area contributed by atoms with Crippen molar-refractivity contribution in [3.63, 3.8) is 0 Å². The van der Waals surface area contributed by atoms with Crippen molar-refractivity contribution in [1.82, 2.24) is 15.3 Å². The van der Waals surface area contributed by atoms with Gasteiger partial charge in [0, 0.05) is 12.1 Å². The molecule has 3 aromatic carbocycles. The van der Waals surface area contributed by atoms with E-state index in [2.05, 4.69) is 15.3 Å². The second kappa shape index (κ2) is 10.6. The fraction of sp³-hybridized carbons (Fsp3) is 0.192. The van der Waals surface area contributed by atoms with E-state index in [0.29, 0.717) is 22.0 Å². The molecule has 0 aliphatic carbocycles. The minimum absolute atomic E-state index is 0.00480. The average Bonchev–Trinajstić information content (AvgIpc) is 2.90. The molecule has 0 bridgehead atoms. The van der Waals surface area contributed by atoms with Crippen LogP contribution in [0.2, 0.25) is 0 Å². The van der Waals surface area contributed by atoms with E-state index in [1.807, 2.05) is 0 Å². The van der Waals surface area contributed by atoms with Crippen molar-refractivity contribution in [2.45, 2.75) is 31.1 Å². The van der Waals surface area contributed by atoms with E-state index in [1.165, 1.54) is 30.6 Å². The molecular weight excluding hydrogens is 507 g/mol. The SMILES string of the molecule is CCS(=O)(=O)c1ccc(CNC(=O)c2ccc3c(OCc4ccc(C(F)(F)F)cc4)ncnc3c2)cc1. The number of sulfone groups is 1. The van der Waals surface area contributed by atoms with Crippen LogP contribution in [0.5, 0.6) is 5.88 Å². The third kappa shape index (κ3) is 6.23. The van der Waals surface area contributed by atoms with Crippen LogP contribution in [-0.4, -0.2) is 30.0 Å². The summed E-state index contributed by atoms with van der Waals surface area (Å²) in [7, 11) is -3.29. The van der Waals surface area contributed by atoms with Gasteiger partial charge in [-0.25, -0.2) is 18.4 Å². The molecule has 0 unspecified atom stereocenters. The van der Waals surface area contributed by atoms with E-state index in [1.54, 1.807) is 37.3 Å². The lowest BCUT2D eigenvalue weighted by Gasteiger charge is -2.11. The zero-order valence-corrected chi connectivity index (χ0v) is 20.4. The maximum absolute atomic E-state index is 12.7. The number of hydrogen-bond acceptors (Lipinski definition) is 6. The predicted molar refractivity (Wildman–Crippen MR) is 131 cm³/mol. The van der Waals surface area contributed by atoms with Crippen molar-refractivity contribution in [3.8, 4) is 5.88 Å². The van der Waals surface area contributed by atoms with E-state index in [9.17, 15) is 26.4 Å². The third-order valence-corrected chi connectivity index (χ3v) is 7.39. The molecule has 4 rings (SSSR count). The third-order valence-electron chi connectivity index (χ3n) is 5.63. The summed E-state index contributed by atoms with van der Waals surface area (Å²) in [6, 6.07) is 15.8. The Morgan fingerprint density at radius 2 is 1.62 bits per heavy atom. The number of benzene rings is 3. The summed E-state index contributed by atoms with van der Waals surface area (Å²) < 4.78 is 67.8. The van der Waals surface area contributed by atoms with Crippen LogP contribution in [0.4, 0.5) is 13.2 Å². The zero-order chi connectivity index (χ0) is 26.6. The molecule has 4 aromatic rings. The molecule has 0 radical (unpaired) electrons. The molecule has 11 heteroatoms. The Labute approximate surface area is 211 Å². The molecule has 0 atom stereocenters. The highest BCUT2D eigenvalue weighted by Gasteiger charge is 2.29. The molecule has 0 saturated carbocycles. The number of fused-ring (bicyclic) bond motifs is 1. The maximum Gasteiger partial charge on any atom is 0.416 e. The average molecular weight is 530 g/mol. The smallest absolute Gasteiger partial charge is 0.416 e. The van der Waals surface area contributed by atoms with Gasteiger partial charge in [0.05, 0.1) is 27.1 Å². The Morgan fingerprint density at radius 3 is 2.27 bits per heavy atom. The molecule has 7 nitrogen and oxygen atoms in total. The van der Waals surface area contributed by atoms with E-state index in [0.717, 1.165) is 17.7 Å². The fourth-order valence-electron chi connectivity index (χ4n) is 3.50. The largest absolute Gasteiger partial charge is 0.472 e. The highest BCUT2D eigenvalue weighted by molar-refractivity contribution is 7.91. The molecule has 1 amide bonds. The molecule has 1 heterocycles. The zero-order valence-electron chi connectivity index (χ0n) is 19.6. The maximum atomic E-state index is 12.7. The van der Waals surface area contributed by atoms with Crippen LogP contribution >= 0.6 is 0 Å². The number of rotatable bonds is 8. The lowest BCUT2D eigenvalue weighted by molar-refractivity contribution is -0.137. The number of ether oxygens (including phenoxy) is 1. The topological polar surface area (TPSA) is 98.2 Å². The van der Waals surface area contributed by atoms with Crippen molar-refractivity contribution >= 4 is 26.6 Å². The molecule has 0 fully saturated rings. The normalized spacial score (nSPS) is 11.9. The molecule has 0 aliphatic rings. The van der Waals surface area contributed by atoms with Gasteiger partial charge in [-0.05, 0) is 53.6 Å². The summed E-state index contributed by atoms with van der Waals surface area (Å²) in [6.45, 7) is 1.78. The van der Waals surface area contributed by atoms with Gasteiger partial charge in [0.15, 0.2) is 9.84 Å². The number of hydrogen-bond donors (Lipinski definition) is 1. The Hall–Kier alpha value is -3.99. The highest BCUT2D eigenvalue weighted by Crippen LogP contribution is 2.29. The molecule has 37 heavy (non-hydrogen) atoms. The number of amides is 1. The number of aromatic nitrogens is 2. The molecule has 1 N–H and O–H groups in total. The lowest BCUT2D eigenvalue weighted by Crippen LogP contribution is -2.22. The summed E-state index contributed by atoms with van der Waals surface area (Å²) in [5.41, 5.74) is 1.35. The van der Waals surface area contributed by atoms with Gasteiger partial charge in [-0.2, -0.15) is 13.2 Å². The Balaban J connectivity index is 1.41. The molecule has 0 spiro atoms. The molecule has 1 aromatic heterocycles. The summed E-state index contributed by atoms with van der Waals surface area (Å²) in [5, 5.41) is 3.33. The van der Waals surface area contributed by atoms with Gasteiger partial charge in [0.2, 0.25) is 5.88 Å². The van der Waals surface area contributed by atoms with Crippen LogP contribution in [0.1, 0.15) is 34.0 Å². The van der Waals surface area contributed by atoms with Gasteiger partial charge >= 0.3 is 6.18 Å². The number of nitrogens with one attached hydrogen (secondary N) is 1. The first-order valence-electron chi connectivity index (χ1n) is 11.2. The second-order valence-electron chi connectivity index (χ2n) is 8.12. The molecular formula is C26H22F3N3O4S. The monoisotopic (exact) mass is 529 g/mol. The number of carbonyl (C=O) groups excluding carboxylic acids is 1. The van der Waals surface area contributed by atoms with Gasteiger partial charge in [0.1, 0.15) is 12.9 Å². The van der Waals surface area contributed by atoms with Gasteiger partial charge in [-0.15, -0.1) is 0 Å². The highest BCUT2D eigenvalue weighted by atomic mass is 32.2. The number of nitrogens with zero attached hydrogens (tertiary/aromatic N) is 2. The molecule has 0 saturated heterocycles. The van der Waals surface area contributed by atoms with Crippen molar-refractivity contribution in [2.24, 2.45) is 0 Å². The van der Waals surface area contributed by atoms with Gasteiger partial charge in [-0.1, -0.05) is 31.2 Å². The molecule has 192 valence electrons. The molecule has 0 aliphatic heterocycles. The summed E-state index contributed by atoms with van der Waals surface area (Å²) in [6.07, 6.45) is -3.13. The summed E-state index contributed by atoms with van der Waals surface area (Å²) >= 11 is 0. The van der Waals surface area contributed by atoms with Crippen LogP contribution in [0, 0.1) is 0 Å². The minimum Gasteiger partial charge on any atom is -0.472 e. The fourth-order valence-corrected chi connectivity index (χ4v) is 4.38. The lowest BCUT2D eigenvalue weighted by atomic mass is 10.1. The van der Waals surface area contributed by atoms with E-state index < -0.39 is 21.6 Å². The van der Waals surface area contributed by atoms with E-state index in [-0.39, 0.29) is 35.6 Å². The minimum atomic E-state index is -4.41. The standard InChI is InChI=1S/C26H22F3N3O4S/c1-2-37(34,35)21-10-5-17(6-11-21)14-30-24(33)19-7-12-22-23(13-19)31-16-32-25(22)36-15-18-3-8-20(9-4-18)26(27,28)29/h3-13,16H,2,14-15H2,1H3,(H,30,33). The first kappa shape index (κ1) is 26.1. The van der Waals surface area contributed by atoms with E-state index in [4.69, 9.17) is 4.74 Å². The van der Waals surface area contributed by atoms with Crippen LogP contribution in [0.15, 0.2) is 78.0 Å². The first-order valence-corrected chi connectivity index (χ1v) is 12.9. The van der Waals surface area contributed by atoms with Gasteiger partial charge < -0.3 is 10.1 Å². The van der Waals surface area contributed by atoms with Crippen molar-refractivity contribution in [2.75, 3.05) is 5.75 Å². The Bertz CT molecular complexity index is 1520.